The van der Waals surface area contributed by atoms with Gasteiger partial charge in [0.1, 0.15) is 25.6 Å². The molecule has 0 aliphatic carbocycles. The van der Waals surface area contributed by atoms with Crippen LogP contribution >= 0.6 is 0 Å². The molecule has 0 bridgehead atoms. The Kier molecular flexibility index (Phi) is 8.52. The van der Waals surface area contributed by atoms with Gasteiger partial charge in [-0.1, -0.05) is 85.5 Å². The molecule has 0 saturated heterocycles. The average molecular weight is 468 g/mol. The first kappa shape index (κ1) is 24.0. The number of aromatic nitrogens is 1. The molecule has 35 heavy (non-hydrogen) atoms. The van der Waals surface area contributed by atoms with Gasteiger partial charge in [-0.05, 0) is 28.8 Å². The van der Waals surface area contributed by atoms with Crippen LogP contribution in [0.1, 0.15) is 16.7 Å². The number of benzene rings is 3. The van der Waals surface area contributed by atoms with E-state index in [2.05, 4.69) is 6.58 Å². The van der Waals surface area contributed by atoms with Gasteiger partial charge in [0.05, 0.1) is 6.61 Å². The van der Waals surface area contributed by atoms with Crippen LogP contribution in [-0.4, -0.2) is 25.3 Å². The second-order valence-corrected chi connectivity index (χ2v) is 7.85. The van der Waals surface area contributed by atoms with Crippen LogP contribution in [0.15, 0.2) is 97.6 Å². The van der Waals surface area contributed by atoms with E-state index in [1.807, 2.05) is 91.0 Å². The summed E-state index contributed by atoms with van der Waals surface area (Å²) >= 11 is 0. The maximum atomic E-state index is 6.19. The third-order valence-electron chi connectivity index (χ3n) is 5.37. The van der Waals surface area contributed by atoms with Crippen LogP contribution in [0.5, 0.6) is 17.5 Å². The zero-order valence-corrected chi connectivity index (χ0v) is 19.9. The zero-order valence-electron chi connectivity index (χ0n) is 19.9. The van der Waals surface area contributed by atoms with Crippen LogP contribution in [0.4, 0.5) is 0 Å². The summed E-state index contributed by atoms with van der Waals surface area (Å²) in [4.78, 5) is 4.70. The molecular formula is C30H29NO4. The van der Waals surface area contributed by atoms with Gasteiger partial charge in [0.15, 0.2) is 0 Å². The SMILES string of the molecule is C=Cc1ccc(-c2ccc(OCc3ccccc3)nc2OCc2ccccc2)cc1OCCOC. The largest absolute Gasteiger partial charge is 0.491 e. The molecule has 1 aromatic heterocycles. The van der Waals surface area contributed by atoms with Crippen molar-refractivity contribution in [3.63, 3.8) is 0 Å². The maximum absolute atomic E-state index is 6.19. The van der Waals surface area contributed by atoms with E-state index >= 15 is 0 Å². The molecule has 0 N–H and O–H groups in total. The van der Waals surface area contributed by atoms with Crippen molar-refractivity contribution < 1.29 is 18.9 Å². The molecule has 0 amide bonds. The van der Waals surface area contributed by atoms with E-state index in [0.29, 0.717) is 38.2 Å². The second-order valence-electron chi connectivity index (χ2n) is 7.85. The first-order chi connectivity index (χ1) is 17.3. The van der Waals surface area contributed by atoms with Crippen molar-refractivity contribution in [2.75, 3.05) is 20.3 Å². The Hall–Kier alpha value is -4.09. The summed E-state index contributed by atoms with van der Waals surface area (Å²) < 4.78 is 23.2. The van der Waals surface area contributed by atoms with Gasteiger partial charge in [0.2, 0.25) is 11.8 Å². The third-order valence-corrected chi connectivity index (χ3v) is 5.37. The number of hydrogen-bond donors (Lipinski definition) is 0. The van der Waals surface area contributed by atoms with Crippen molar-refractivity contribution >= 4 is 6.08 Å². The Labute approximate surface area is 206 Å². The van der Waals surface area contributed by atoms with E-state index in [0.717, 1.165) is 33.6 Å². The molecule has 0 fully saturated rings. The smallest absolute Gasteiger partial charge is 0.225 e. The highest BCUT2D eigenvalue weighted by Crippen LogP contribution is 2.35. The van der Waals surface area contributed by atoms with Gasteiger partial charge in [-0.2, -0.15) is 4.98 Å². The zero-order chi connectivity index (χ0) is 24.3. The second kappa shape index (κ2) is 12.4. The summed E-state index contributed by atoms with van der Waals surface area (Å²) in [5.74, 6) is 1.72. The lowest BCUT2D eigenvalue weighted by atomic mass is 10.0. The van der Waals surface area contributed by atoms with Crippen molar-refractivity contribution in [2.24, 2.45) is 0 Å². The van der Waals surface area contributed by atoms with Crippen LogP contribution in [0.3, 0.4) is 0 Å². The number of ether oxygens (including phenoxy) is 4. The minimum Gasteiger partial charge on any atom is -0.491 e. The number of rotatable bonds is 12. The van der Waals surface area contributed by atoms with Gasteiger partial charge in [-0.3, -0.25) is 0 Å². The molecule has 1 heterocycles. The minimum atomic E-state index is 0.394. The van der Waals surface area contributed by atoms with Crippen LogP contribution in [0.2, 0.25) is 0 Å². The molecular weight excluding hydrogens is 438 g/mol. The van der Waals surface area contributed by atoms with Crippen molar-refractivity contribution in [3.8, 4) is 28.6 Å². The van der Waals surface area contributed by atoms with Crippen LogP contribution in [-0.2, 0) is 18.0 Å². The fraction of sp³-hybridized carbons (Fsp3) is 0.167. The number of methoxy groups -OCH3 is 1. The van der Waals surface area contributed by atoms with E-state index < -0.39 is 0 Å². The summed E-state index contributed by atoms with van der Waals surface area (Å²) in [5, 5.41) is 0. The normalized spacial score (nSPS) is 10.5. The predicted octanol–water partition coefficient (Wildman–Crippen LogP) is 6.57. The van der Waals surface area contributed by atoms with E-state index in [1.165, 1.54) is 0 Å². The quantitative estimate of drug-likeness (QED) is 0.220. The van der Waals surface area contributed by atoms with Crippen molar-refractivity contribution in [1.82, 2.24) is 4.98 Å². The Morgan fingerprint density at radius 3 is 2.09 bits per heavy atom. The van der Waals surface area contributed by atoms with E-state index in [4.69, 9.17) is 23.9 Å². The molecule has 178 valence electrons. The van der Waals surface area contributed by atoms with Gasteiger partial charge in [-0.25, -0.2) is 0 Å². The summed E-state index contributed by atoms with van der Waals surface area (Å²) in [6, 6.07) is 29.8. The Balaban J connectivity index is 1.62. The van der Waals surface area contributed by atoms with Crippen molar-refractivity contribution in [1.29, 1.82) is 0 Å². The number of hydrogen-bond acceptors (Lipinski definition) is 5. The van der Waals surface area contributed by atoms with Crippen LogP contribution in [0.25, 0.3) is 17.2 Å². The van der Waals surface area contributed by atoms with E-state index in [1.54, 1.807) is 13.2 Å². The molecule has 0 atom stereocenters. The lowest BCUT2D eigenvalue weighted by Gasteiger charge is -2.15. The fourth-order valence-corrected chi connectivity index (χ4v) is 3.52. The fourth-order valence-electron chi connectivity index (χ4n) is 3.52. The maximum Gasteiger partial charge on any atom is 0.225 e. The first-order valence-corrected chi connectivity index (χ1v) is 11.5. The third kappa shape index (κ3) is 6.71. The number of pyridine rings is 1. The summed E-state index contributed by atoms with van der Waals surface area (Å²) in [7, 11) is 1.65. The highest BCUT2D eigenvalue weighted by Gasteiger charge is 2.14. The molecule has 3 aromatic carbocycles. The molecule has 5 heteroatoms. The van der Waals surface area contributed by atoms with Gasteiger partial charge >= 0.3 is 0 Å². The molecule has 0 radical (unpaired) electrons. The highest BCUT2D eigenvalue weighted by molar-refractivity contribution is 5.73. The minimum absolute atomic E-state index is 0.394. The lowest BCUT2D eigenvalue weighted by Crippen LogP contribution is -2.05. The Bertz CT molecular complexity index is 1230. The van der Waals surface area contributed by atoms with E-state index in [9.17, 15) is 0 Å². The molecule has 4 aromatic rings. The monoisotopic (exact) mass is 467 g/mol. The standard InChI is InChI=1S/C30H29NO4/c1-3-25-14-15-26(20-28(25)33-19-18-32-2)27-16-17-29(34-21-23-10-6-4-7-11-23)31-30(27)35-22-24-12-8-5-9-13-24/h3-17,20H,1,18-19,21-22H2,2H3. The first-order valence-electron chi connectivity index (χ1n) is 11.5. The average Bonchev–Trinajstić information content (AvgIpc) is 2.92. The highest BCUT2D eigenvalue weighted by atomic mass is 16.5. The predicted molar refractivity (Wildman–Crippen MR) is 139 cm³/mol. The Morgan fingerprint density at radius 2 is 1.43 bits per heavy atom. The molecule has 5 nitrogen and oxygen atoms in total. The molecule has 0 saturated carbocycles. The topological polar surface area (TPSA) is 49.8 Å². The van der Waals surface area contributed by atoms with Gasteiger partial charge in [0, 0.05) is 24.3 Å². The molecule has 4 rings (SSSR count). The van der Waals surface area contributed by atoms with Crippen LogP contribution in [0, 0.1) is 0 Å². The number of nitrogens with zero attached hydrogens (tertiary/aromatic N) is 1. The van der Waals surface area contributed by atoms with Gasteiger partial charge < -0.3 is 18.9 Å². The molecule has 0 aliphatic heterocycles. The summed E-state index contributed by atoms with van der Waals surface area (Å²) in [6.07, 6.45) is 1.78. The molecule has 0 aliphatic rings. The lowest BCUT2D eigenvalue weighted by molar-refractivity contribution is 0.146. The molecule has 0 spiro atoms. The summed E-state index contributed by atoms with van der Waals surface area (Å²) in [6.45, 7) is 5.66. The van der Waals surface area contributed by atoms with Crippen LogP contribution < -0.4 is 14.2 Å². The summed E-state index contributed by atoms with van der Waals surface area (Å²) in [5.41, 5.74) is 4.81. The van der Waals surface area contributed by atoms with Gasteiger partial charge in [0.25, 0.3) is 0 Å². The van der Waals surface area contributed by atoms with Gasteiger partial charge in [-0.15, -0.1) is 0 Å². The van der Waals surface area contributed by atoms with Crippen molar-refractivity contribution in [3.05, 3.63) is 114 Å². The Morgan fingerprint density at radius 1 is 0.743 bits per heavy atom. The van der Waals surface area contributed by atoms with Crippen molar-refractivity contribution in [2.45, 2.75) is 13.2 Å². The molecule has 0 unspecified atom stereocenters. The van der Waals surface area contributed by atoms with E-state index in [-0.39, 0.29) is 0 Å².